The zero-order valence-electron chi connectivity index (χ0n) is 12.0. The Kier molecular flexibility index (Phi) is 4.28. The lowest BCUT2D eigenvalue weighted by Crippen LogP contribution is -2.27. The lowest BCUT2D eigenvalue weighted by Gasteiger charge is -2.28. The molecule has 1 fully saturated rings. The Morgan fingerprint density at radius 2 is 1.89 bits per heavy atom. The van der Waals surface area contributed by atoms with E-state index in [1.807, 2.05) is 0 Å². The Labute approximate surface area is 111 Å². The summed E-state index contributed by atoms with van der Waals surface area (Å²) in [4.78, 5) is 0. The number of hydrogen-bond acceptors (Lipinski definition) is 2. The van der Waals surface area contributed by atoms with Crippen LogP contribution >= 0.6 is 0 Å². The molecule has 1 aliphatic rings. The molecule has 1 aromatic rings. The van der Waals surface area contributed by atoms with Gasteiger partial charge in [0.1, 0.15) is 5.75 Å². The highest BCUT2D eigenvalue weighted by molar-refractivity contribution is 5.49. The van der Waals surface area contributed by atoms with E-state index in [9.17, 15) is 0 Å². The molecule has 1 aliphatic heterocycles. The van der Waals surface area contributed by atoms with E-state index in [0.29, 0.717) is 11.8 Å². The predicted molar refractivity (Wildman–Crippen MR) is 76.7 cm³/mol. The Balaban J connectivity index is 2.45. The van der Waals surface area contributed by atoms with Crippen LogP contribution in [0.15, 0.2) is 12.1 Å². The summed E-state index contributed by atoms with van der Waals surface area (Å²) in [5.41, 5.74) is 4.18. The number of hydrogen-bond donors (Lipinski definition) is 1. The van der Waals surface area contributed by atoms with Crippen LogP contribution < -0.4 is 10.1 Å². The summed E-state index contributed by atoms with van der Waals surface area (Å²) in [5, 5.41) is 3.44. The first-order chi connectivity index (χ1) is 8.65. The maximum atomic E-state index is 5.65. The number of nitrogens with one attached hydrogen (secondary N) is 1. The van der Waals surface area contributed by atoms with Crippen LogP contribution in [0.1, 0.15) is 55.2 Å². The van der Waals surface area contributed by atoms with Gasteiger partial charge in [0.2, 0.25) is 0 Å². The van der Waals surface area contributed by atoms with Crippen LogP contribution in [0.3, 0.4) is 0 Å². The van der Waals surface area contributed by atoms with Gasteiger partial charge in [0.05, 0.1) is 7.11 Å². The number of ether oxygens (including phenoxy) is 1. The average molecular weight is 247 g/mol. The van der Waals surface area contributed by atoms with Gasteiger partial charge in [0.25, 0.3) is 0 Å². The van der Waals surface area contributed by atoms with E-state index in [0.717, 1.165) is 18.8 Å². The summed E-state index contributed by atoms with van der Waals surface area (Å²) in [5.74, 6) is 2.31. The molecule has 1 heterocycles. The van der Waals surface area contributed by atoms with Crippen LogP contribution in [0.4, 0.5) is 0 Å². The van der Waals surface area contributed by atoms with E-state index < -0.39 is 0 Å². The largest absolute Gasteiger partial charge is 0.496 e. The topological polar surface area (TPSA) is 21.3 Å². The lowest BCUT2D eigenvalue weighted by molar-refractivity contribution is 0.399. The van der Waals surface area contributed by atoms with Crippen LogP contribution in [0.5, 0.6) is 5.75 Å². The van der Waals surface area contributed by atoms with Gasteiger partial charge in [-0.05, 0) is 55.8 Å². The van der Waals surface area contributed by atoms with E-state index in [2.05, 4.69) is 38.2 Å². The maximum Gasteiger partial charge on any atom is 0.125 e. The van der Waals surface area contributed by atoms with Crippen molar-refractivity contribution in [3.05, 3.63) is 28.8 Å². The van der Waals surface area contributed by atoms with Crippen molar-refractivity contribution in [1.29, 1.82) is 0 Å². The third-order valence-corrected chi connectivity index (χ3v) is 3.99. The van der Waals surface area contributed by atoms with Crippen molar-refractivity contribution in [1.82, 2.24) is 5.32 Å². The number of methoxy groups -OCH3 is 1. The third-order valence-electron chi connectivity index (χ3n) is 3.99. The molecule has 0 bridgehead atoms. The van der Waals surface area contributed by atoms with Crippen molar-refractivity contribution in [2.75, 3.05) is 20.2 Å². The molecule has 0 saturated carbocycles. The molecule has 2 heteroatoms. The van der Waals surface area contributed by atoms with E-state index >= 15 is 0 Å². The van der Waals surface area contributed by atoms with Gasteiger partial charge in [-0.3, -0.25) is 0 Å². The molecule has 2 rings (SSSR count). The van der Waals surface area contributed by atoms with Crippen molar-refractivity contribution >= 4 is 0 Å². The minimum Gasteiger partial charge on any atom is -0.496 e. The number of aryl methyl sites for hydroxylation is 1. The SMILES string of the molecule is COc1c(C)ccc(C2CCNCC2)c1C(C)C. The fraction of sp³-hybridized carbons (Fsp3) is 0.625. The summed E-state index contributed by atoms with van der Waals surface area (Å²) in [6.07, 6.45) is 2.48. The first-order valence-corrected chi connectivity index (χ1v) is 7.03. The molecule has 0 radical (unpaired) electrons. The van der Waals surface area contributed by atoms with Crippen molar-refractivity contribution in [3.8, 4) is 5.75 Å². The maximum absolute atomic E-state index is 5.65. The monoisotopic (exact) mass is 247 g/mol. The van der Waals surface area contributed by atoms with Crippen LogP contribution in [-0.2, 0) is 0 Å². The molecule has 1 aromatic carbocycles. The Morgan fingerprint density at radius 3 is 2.44 bits per heavy atom. The molecule has 0 atom stereocenters. The smallest absolute Gasteiger partial charge is 0.125 e. The standard InChI is InChI=1S/C16H25NO/c1-11(2)15-14(13-7-9-17-10-8-13)6-5-12(3)16(15)18-4/h5-6,11,13,17H,7-10H2,1-4H3. The molecular formula is C16H25NO. The highest BCUT2D eigenvalue weighted by Crippen LogP contribution is 2.39. The molecule has 0 spiro atoms. The molecular weight excluding hydrogens is 222 g/mol. The second-order valence-corrected chi connectivity index (χ2v) is 5.60. The average Bonchev–Trinajstić information content (AvgIpc) is 2.39. The van der Waals surface area contributed by atoms with Crippen LogP contribution in [0, 0.1) is 6.92 Å². The fourth-order valence-electron chi connectivity index (χ4n) is 3.08. The second-order valence-electron chi connectivity index (χ2n) is 5.60. The van der Waals surface area contributed by atoms with Gasteiger partial charge in [-0.2, -0.15) is 0 Å². The molecule has 0 aliphatic carbocycles. The zero-order chi connectivity index (χ0) is 13.1. The van der Waals surface area contributed by atoms with Crippen molar-refractivity contribution < 1.29 is 4.74 Å². The third kappa shape index (κ3) is 2.54. The predicted octanol–water partition coefficient (Wildman–Crippen LogP) is 3.59. The molecule has 2 nitrogen and oxygen atoms in total. The molecule has 0 aromatic heterocycles. The van der Waals surface area contributed by atoms with Gasteiger partial charge < -0.3 is 10.1 Å². The van der Waals surface area contributed by atoms with Crippen LogP contribution in [0.2, 0.25) is 0 Å². The summed E-state index contributed by atoms with van der Waals surface area (Å²) in [7, 11) is 1.79. The number of piperidine rings is 1. The highest BCUT2D eigenvalue weighted by atomic mass is 16.5. The lowest BCUT2D eigenvalue weighted by atomic mass is 9.82. The van der Waals surface area contributed by atoms with Gasteiger partial charge in [-0.25, -0.2) is 0 Å². The van der Waals surface area contributed by atoms with E-state index in [-0.39, 0.29) is 0 Å². The second kappa shape index (κ2) is 5.75. The summed E-state index contributed by atoms with van der Waals surface area (Å²) in [6, 6.07) is 4.53. The Bertz CT molecular complexity index is 406. The minimum absolute atomic E-state index is 0.518. The van der Waals surface area contributed by atoms with Crippen LogP contribution in [0.25, 0.3) is 0 Å². The number of rotatable bonds is 3. The van der Waals surface area contributed by atoms with Crippen LogP contribution in [-0.4, -0.2) is 20.2 Å². The first kappa shape index (κ1) is 13.4. The molecule has 0 amide bonds. The summed E-state index contributed by atoms with van der Waals surface area (Å²) < 4.78 is 5.65. The minimum atomic E-state index is 0.518. The molecule has 18 heavy (non-hydrogen) atoms. The Hall–Kier alpha value is -1.02. The highest BCUT2D eigenvalue weighted by Gasteiger charge is 2.22. The molecule has 0 unspecified atom stereocenters. The zero-order valence-corrected chi connectivity index (χ0v) is 12.0. The summed E-state index contributed by atoms with van der Waals surface area (Å²) in [6.45, 7) is 8.94. The normalized spacial score (nSPS) is 17.2. The summed E-state index contributed by atoms with van der Waals surface area (Å²) >= 11 is 0. The fourth-order valence-corrected chi connectivity index (χ4v) is 3.08. The van der Waals surface area contributed by atoms with Gasteiger partial charge in [0, 0.05) is 5.56 Å². The van der Waals surface area contributed by atoms with Gasteiger partial charge >= 0.3 is 0 Å². The molecule has 100 valence electrons. The Morgan fingerprint density at radius 1 is 1.22 bits per heavy atom. The van der Waals surface area contributed by atoms with Gasteiger partial charge in [0.15, 0.2) is 0 Å². The van der Waals surface area contributed by atoms with E-state index in [4.69, 9.17) is 4.74 Å². The van der Waals surface area contributed by atoms with E-state index in [1.54, 1.807) is 7.11 Å². The number of benzene rings is 1. The molecule has 1 saturated heterocycles. The van der Waals surface area contributed by atoms with Crippen molar-refractivity contribution in [2.45, 2.75) is 45.4 Å². The van der Waals surface area contributed by atoms with Crippen molar-refractivity contribution in [3.63, 3.8) is 0 Å². The molecule has 1 N–H and O–H groups in total. The quantitative estimate of drug-likeness (QED) is 0.881. The van der Waals surface area contributed by atoms with Gasteiger partial charge in [-0.15, -0.1) is 0 Å². The first-order valence-electron chi connectivity index (χ1n) is 7.03. The van der Waals surface area contributed by atoms with E-state index in [1.165, 1.54) is 29.5 Å². The van der Waals surface area contributed by atoms with Crippen molar-refractivity contribution in [2.24, 2.45) is 0 Å². The van der Waals surface area contributed by atoms with Gasteiger partial charge in [-0.1, -0.05) is 26.0 Å².